The molecule has 4 heteroatoms. The molecular formula is C12H21IN2O. The predicted octanol–water partition coefficient (Wildman–Crippen LogP) is 3.60. The molecule has 0 aliphatic carbocycles. The summed E-state index contributed by atoms with van der Waals surface area (Å²) in [5.41, 5.74) is 1.22. The summed E-state index contributed by atoms with van der Waals surface area (Å²) in [5, 5.41) is 4.39. The minimum Gasteiger partial charge on any atom is -0.372 e. The predicted molar refractivity (Wildman–Crippen MR) is 74.4 cm³/mol. The molecule has 0 amide bonds. The van der Waals surface area contributed by atoms with Gasteiger partial charge in [-0.15, -0.1) is 0 Å². The second kappa shape index (κ2) is 7.27. The number of hydrogen-bond donors (Lipinski definition) is 0. The average Bonchev–Trinajstić information content (AvgIpc) is 2.64. The summed E-state index contributed by atoms with van der Waals surface area (Å²) < 4.78 is 9.05. The third kappa shape index (κ3) is 4.05. The molecule has 1 heterocycles. The monoisotopic (exact) mass is 336 g/mol. The SMILES string of the molecule is CCCCn1ncc(I)c1CO[C@@H](C)CC. The molecule has 92 valence electrons. The van der Waals surface area contributed by atoms with E-state index in [4.69, 9.17) is 4.74 Å². The van der Waals surface area contributed by atoms with Crippen molar-refractivity contribution in [1.82, 2.24) is 9.78 Å². The summed E-state index contributed by atoms with van der Waals surface area (Å²) in [4.78, 5) is 0. The topological polar surface area (TPSA) is 27.1 Å². The molecule has 1 rings (SSSR count). The van der Waals surface area contributed by atoms with Crippen LogP contribution < -0.4 is 0 Å². The van der Waals surface area contributed by atoms with Gasteiger partial charge >= 0.3 is 0 Å². The Kier molecular flexibility index (Phi) is 6.34. The molecule has 0 bridgehead atoms. The zero-order valence-electron chi connectivity index (χ0n) is 10.4. The fraction of sp³-hybridized carbons (Fsp3) is 0.750. The van der Waals surface area contributed by atoms with Gasteiger partial charge in [-0.1, -0.05) is 20.3 Å². The molecule has 0 radical (unpaired) electrons. The maximum atomic E-state index is 5.77. The number of rotatable bonds is 7. The van der Waals surface area contributed by atoms with Crippen LogP contribution in [0.15, 0.2) is 6.20 Å². The van der Waals surface area contributed by atoms with Gasteiger partial charge in [-0.25, -0.2) is 0 Å². The lowest BCUT2D eigenvalue weighted by Gasteiger charge is -2.12. The van der Waals surface area contributed by atoms with Gasteiger partial charge in [-0.2, -0.15) is 5.10 Å². The van der Waals surface area contributed by atoms with Crippen LogP contribution in [0.25, 0.3) is 0 Å². The standard InChI is InChI=1S/C12H21IN2O/c1-4-6-7-15-12(11(13)8-14-15)9-16-10(3)5-2/h8,10H,4-7,9H2,1-3H3/t10-/m0/s1. The van der Waals surface area contributed by atoms with E-state index in [-0.39, 0.29) is 0 Å². The maximum absolute atomic E-state index is 5.77. The van der Waals surface area contributed by atoms with E-state index in [1.165, 1.54) is 22.1 Å². The number of unbranched alkanes of at least 4 members (excludes halogenated alkanes) is 1. The summed E-state index contributed by atoms with van der Waals surface area (Å²) in [7, 11) is 0. The lowest BCUT2D eigenvalue weighted by molar-refractivity contribution is 0.0462. The number of ether oxygens (including phenoxy) is 1. The highest BCUT2D eigenvalue weighted by molar-refractivity contribution is 14.1. The number of aryl methyl sites for hydroxylation is 1. The first kappa shape index (κ1) is 14.0. The minimum atomic E-state index is 0.324. The van der Waals surface area contributed by atoms with Crippen molar-refractivity contribution in [3.8, 4) is 0 Å². The lowest BCUT2D eigenvalue weighted by atomic mass is 10.3. The zero-order chi connectivity index (χ0) is 12.0. The van der Waals surface area contributed by atoms with Crippen molar-refractivity contribution < 1.29 is 4.74 Å². The number of nitrogens with zero attached hydrogens (tertiary/aromatic N) is 2. The van der Waals surface area contributed by atoms with Gasteiger partial charge < -0.3 is 4.74 Å². The largest absolute Gasteiger partial charge is 0.372 e. The van der Waals surface area contributed by atoms with Crippen LogP contribution in [0.5, 0.6) is 0 Å². The van der Waals surface area contributed by atoms with Gasteiger partial charge in [0.1, 0.15) is 0 Å². The Morgan fingerprint density at radius 3 is 2.88 bits per heavy atom. The molecule has 0 N–H and O–H groups in total. The van der Waals surface area contributed by atoms with E-state index < -0.39 is 0 Å². The Hall–Kier alpha value is -0.100. The molecule has 1 atom stereocenters. The van der Waals surface area contributed by atoms with Crippen LogP contribution in [0.3, 0.4) is 0 Å². The molecule has 0 spiro atoms. The quantitative estimate of drug-likeness (QED) is 0.712. The van der Waals surface area contributed by atoms with Gasteiger partial charge in [0.05, 0.1) is 28.2 Å². The molecule has 0 fully saturated rings. The summed E-state index contributed by atoms with van der Waals surface area (Å²) >= 11 is 2.33. The lowest BCUT2D eigenvalue weighted by Crippen LogP contribution is -2.11. The summed E-state index contributed by atoms with van der Waals surface area (Å²) in [6.07, 6.45) is 5.67. The van der Waals surface area contributed by atoms with Gasteiger partial charge in [0.25, 0.3) is 0 Å². The van der Waals surface area contributed by atoms with E-state index in [1.54, 1.807) is 0 Å². The fourth-order valence-corrected chi connectivity index (χ4v) is 1.93. The third-order valence-corrected chi connectivity index (χ3v) is 3.60. The Morgan fingerprint density at radius 2 is 2.25 bits per heavy atom. The molecule has 1 aromatic heterocycles. The molecule has 0 unspecified atom stereocenters. The molecular weight excluding hydrogens is 315 g/mol. The number of halogens is 1. The van der Waals surface area contributed by atoms with Crippen molar-refractivity contribution in [2.75, 3.05) is 0 Å². The molecule has 0 saturated heterocycles. The highest BCUT2D eigenvalue weighted by Gasteiger charge is 2.09. The van der Waals surface area contributed by atoms with E-state index in [1.807, 2.05) is 6.20 Å². The Morgan fingerprint density at radius 1 is 1.50 bits per heavy atom. The molecule has 0 aromatic carbocycles. The molecule has 1 aromatic rings. The van der Waals surface area contributed by atoms with Gasteiger partial charge in [-0.3, -0.25) is 4.68 Å². The Labute approximate surface area is 112 Å². The summed E-state index contributed by atoms with van der Waals surface area (Å²) in [5.74, 6) is 0. The van der Waals surface area contributed by atoms with E-state index in [9.17, 15) is 0 Å². The van der Waals surface area contributed by atoms with Crippen molar-refractivity contribution in [3.63, 3.8) is 0 Å². The molecule has 3 nitrogen and oxygen atoms in total. The first-order chi connectivity index (χ1) is 7.69. The van der Waals surface area contributed by atoms with E-state index in [2.05, 4.69) is 53.1 Å². The van der Waals surface area contributed by atoms with Crippen LogP contribution in [-0.4, -0.2) is 15.9 Å². The van der Waals surface area contributed by atoms with Crippen LogP contribution in [0, 0.1) is 3.57 Å². The molecule has 0 saturated carbocycles. The molecule has 0 aliphatic heterocycles. The first-order valence-corrected chi connectivity index (χ1v) is 7.08. The van der Waals surface area contributed by atoms with Crippen LogP contribution in [0.1, 0.15) is 45.7 Å². The van der Waals surface area contributed by atoms with Crippen molar-refractivity contribution >= 4 is 22.6 Å². The van der Waals surface area contributed by atoms with Crippen molar-refractivity contribution in [3.05, 3.63) is 15.5 Å². The van der Waals surface area contributed by atoms with Crippen LogP contribution >= 0.6 is 22.6 Å². The van der Waals surface area contributed by atoms with Crippen molar-refractivity contribution in [2.24, 2.45) is 0 Å². The van der Waals surface area contributed by atoms with Crippen LogP contribution in [-0.2, 0) is 17.9 Å². The van der Waals surface area contributed by atoms with Crippen LogP contribution in [0.2, 0.25) is 0 Å². The third-order valence-electron chi connectivity index (χ3n) is 2.70. The smallest absolute Gasteiger partial charge is 0.0899 e. The molecule has 0 aliphatic rings. The highest BCUT2D eigenvalue weighted by atomic mass is 127. The number of hydrogen-bond acceptors (Lipinski definition) is 2. The Balaban J connectivity index is 2.58. The minimum absolute atomic E-state index is 0.324. The van der Waals surface area contributed by atoms with E-state index >= 15 is 0 Å². The van der Waals surface area contributed by atoms with Crippen molar-refractivity contribution in [1.29, 1.82) is 0 Å². The van der Waals surface area contributed by atoms with E-state index in [0.717, 1.165) is 13.0 Å². The van der Waals surface area contributed by atoms with Gasteiger partial charge in [0, 0.05) is 6.54 Å². The highest BCUT2D eigenvalue weighted by Crippen LogP contribution is 2.15. The average molecular weight is 336 g/mol. The maximum Gasteiger partial charge on any atom is 0.0899 e. The first-order valence-electron chi connectivity index (χ1n) is 6.00. The van der Waals surface area contributed by atoms with Gasteiger partial charge in [-0.05, 0) is 42.4 Å². The van der Waals surface area contributed by atoms with Gasteiger partial charge in [0.2, 0.25) is 0 Å². The van der Waals surface area contributed by atoms with Crippen LogP contribution in [0.4, 0.5) is 0 Å². The number of aromatic nitrogens is 2. The second-order valence-electron chi connectivity index (χ2n) is 4.05. The van der Waals surface area contributed by atoms with Gasteiger partial charge in [0.15, 0.2) is 0 Å². The summed E-state index contributed by atoms with van der Waals surface area (Å²) in [6.45, 7) is 8.13. The summed E-state index contributed by atoms with van der Waals surface area (Å²) in [6, 6.07) is 0. The fourth-order valence-electron chi connectivity index (χ4n) is 1.37. The second-order valence-corrected chi connectivity index (χ2v) is 5.21. The normalized spacial score (nSPS) is 13.0. The molecule has 16 heavy (non-hydrogen) atoms. The Bertz CT molecular complexity index is 312. The van der Waals surface area contributed by atoms with Crippen molar-refractivity contribution in [2.45, 2.75) is 59.3 Å². The van der Waals surface area contributed by atoms with E-state index in [0.29, 0.717) is 12.7 Å². The zero-order valence-corrected chi connectivity index (χ0v) is 12.5.